The summed E-state index contributed by atoms with van der Waals surface area (Å²) in [6, 6.07) is 8.92. The third-order valence-corrected chi connectivity index (χ3v) is 6.86. The maximum Gasteiger partial charge on any atom is 0.0432 e. The Kier molecular flexibility index (Phi) is 3.14. The van der Waals surface area contributed by atoms with Crippen LogP contribution in [0.5, 0.6) is 0 Å². The lowest BCUT2D eigenvalue weighted by Crippen LogP contribution is -2.50. The van der Waals surface area contributed by atoms with Crippen molar-refractivity contribution >= 4 is 11.6 Å². The van der Waals surface area contributed by atoms with Crippen LogP contribution in [0.15, 0.2) is 24.3 Å². The van der Waals surface area contributed by atoms with E-state index in [1.54, 1.807) is 0 Å². The average Bonchev–Trinajstić information content (AvgIpc) is 2.37. The zero-order valence-corrected chi connectivity index (χ0v) is 13.2. The highest BCUT2D eigenvalue weighted by Crippen LogP contribution is 2.62. The molecule has 108 valence electrons. The van der Waals surface area contributed by atoms with Crippen molar-refractivity contribution in [2.24, 2.45) is 23.2 Å². The van der Waals surface area contributed by atoms with Gasteiger partial charge < -0.3 is 0 Å². The second-order valence-corrected chi connectivity index (χ2v) is 8.47. The van der Waals surface area contributed by atoms with Crippen LogP contribution in [0.4, 0.5) is 0 Å². The summed E-state index contributed by atoms with van der Waals surface area (Å²) in [6.07, 6.45) is 9.83. The van der Waals surface area contributed by atoms with Crippen LogP contribution in [0, 0.1) is 30.1 Å². The molecule has 20 heavy (non-hydrogen) atoms. The van der Waals surface area contributed by atoms with Crippen LogP contribution >= 0.6 is 11.6 Å². The Morgan fingerprint density at radius 2 is 1.70 bits per heavy atom. The van der Waals surface area contributed by atoms with E-state index < -0.39 is 0 Å². The van der Waals surface area contributed by atoms with E-state index >= 15 is 0 Å². The van der Waals surface area contributed by atoms with Gasteiger partial charge in [0.15, 0.2) is 0 Å². The van der Waals surface area contributed by atoms with Gasteiger partial charge in [-0.2, -0.15) is 0 Å². The molecule has 4 bridgehead atoms. The van der Waals surface area contributed by atoms with Crippen LogP contribution in [0.1, 0.15) is 49.7 Å². The Morgan fingerprint density at radius 1 is 1.10 bits per heavy atom. The lowest BCUT2D eigenvalue weighted by atomic mass is 9.48. The van der Waals surface area contributed by atoms with Crippen molar-refractivity contribution in [2.75, 3.05) is 0 Å². The fourth-order valence-electron chi connectivity index (χ4n) is 5.82. The minimum atomic E-state index is 0.345. The summed E-state index contributed by atoms with van der Waals surface area (Å²) in [5.74, 6) is 3.00. The van der Waals surface area contributed by atoms with Crippen molar-refractivity contribution in [2.45, 2.75) is 57.2 Å². The fourth-order valence-corrected chi connectivity index (χ4v) is 6.27. The minimum absolute atomic E-state index is 0.345. The number of aryl methyl sites for hydroxylation is 1. The Bertz CT molecular complexity index is 469. The van der Waals surface area contributed by atoms with E-state index in [0.717, 1.165) is 24.2 Å². The third kappa shape index (κ3) is 2.21. The first-order valence-corrected chi connectivity index (χ1v) is 8.76. The molecule has 0 aromatic heterocycles. The molecular weight excluding hydrogens is 264 g/mol. The standard InChI is InChI=1S/C19H25Cl/c1-13-3-2-4-14(5-13)9-18(20)19-10-15-6-16(11-19)8-17(7-15)12-19/h2-5,15-18H,6-12H2,1H3. The topological polar surface area (TPSA) is 0 Å². The largest absolute Gasteiger partial charge is 0.122 e. The predicted octanol–water partition coefficient (Wildman–Crippen LogP) is 5.36. The summed E-state index contributed by atoms with van der Waals surface area (Å²) >= 11 is 6.99. The van der Waals surface area contributed by atoms with E-state index in [1.165, 1.54) is 49.7 Å². The molecule has 0 amide bonds. The zero-order chi connectivity index (χ0) is 13.7. The van der Waals surface area contributed by atoms with Crippen molar-refractivity contribution < 1.29 is 0 Å². The highest BCUT2D eigenvalue weighted by atomic mass is 35.5. The maximum atomic E-state index is 6.99. The Balaban J connectivity index is 1.54. The molecule has 4 aliphatic rings. The van der Waals surface area contributed by atoms with Gasteiger partial charge in [0.05, 0.1) is 0 Å². The van der Waals surface area contributed by atoms with E-state index in [4.69, 9.17) is 11.6 Å². The molecule has 1 atom stereocenters. The van der Waals surface area contributed by atoms with Gasteiger partial charge in [0.1, 0.15) is 0 Å². The first-order valence-electron chi connectivity index (χ1n) is 8.32. The van der Waals surface area contributed by atoms with Crippen LogP contribution < -0.4 is 0 Å². The first kappa shape index (κ1) is 13.2. The summed E-state index contributed by atoms with van der Waals surface area (Å²) in [6.45, 7) is 2.18. The molecule has 1 aromatic carbocycles. The van der Waals surface area contributed by atoms with E-state index in [2.05, 4.69) is 31.2 Å². The Morgan fingerprint density at radius 3 is 2.25 bits per heavy atom. The number of alkyl halides is 1. The molecule has 4 saturated carbocycles. The highest BCUT2D eigenvalue weighted by molar-refractivity contribution is 6.21. The molecule has 5 rings (SSSR count). The normalized spacial score (nSPS) is 40.0. The quantitative estimate of drug-likeness (QED) is 0.657. The molecule has 4 fully saturated rings. The summed E-state index contributed by atoms with van der Waals surface area (Å²) in [5, 5.41) is 0.345. The van der Waals surface area contributed by atoms with Crippen LogP contribution in [-0.2, 0) is 6.42 Å². The SMILES string of the molecule is Cc1cccc(CC(Cl)C23CC4CC(CC(C4)C2)C3)c1. The Labute approximate surface area is 127 Å². The molecule has 4 aliphatic carbocycles. The van der Waals surface area contributed by atoms with Crippen molar-refractivity contribution in [3.8, 4) is 0 Å². The van der Waals surface area contributed by atoms with E-state index in [-0.39, 0.29) is 0 Å². The minimum Gasteiger partial charge on any atom is -0.122 e. The summed E-state index contributed by atoms with van der Waals surface area (Å²) in [7, 11) is 0. The van der Waals surface area contributed by atoms with Gasteiger partial charge in [-0.25, -0.2) is 0 Å². The van der Waals surface area contributed by atoms with E-state index in [9.17, 15) is 0 Å². The van der Waals surface area contributed by atoms with Gasteiger partial charge in [-0.3, -0.25) is 0 Å². The van der Waals surface area contributed by atoms with Crippen LogP contribution in [0.3, 0.4) is 0 Å². The third-order valence-electron chi connectivity index (χ3n) is 6.25. The van der Waals surface area contributed by atoms with Crippen LogP contribution in [0.25, 0.3) is 0 Å². The van der Waals surface area contributed by atoms with Crippen molar-refractivity contribution in [1.82, 2.24) is 0 Å². The predicted molar refractivity (Wildman–Crippen MR) is 85.1 cm³/mol. The van der Waals surface area contributed by atoms with Crippen molar-refractivity contribution in [3.05, 3.63) is 35.4 Å². The molecule has 0 N–H and O–H groups in total. The number of rotatable bonds is 3. The van der Waals surface area contributed by atoms with E-state index in [0.29, 0.717) is 10.8 Å². The molecule has 0 aliphatic heterocycles. The average molecular weight is 289 g/mol. The molecule has 0 radical (unpaired) electrons. The van der Waals surface area contributed by atoms with Gasteiger partial charge in [0.25, 0.3) is 0 Å². The van der Waals surface area contributed by atoms with E-state index in [1.807, 2.05) is 0 Å². The fraction of sp³-hybridized carbons (Fsp3) is 0.684. The summed E-state index contributed by atoms with van der Waals surface area (Å²) in [5.41, 5.74) is 3.26. The molecule has 1 aromatic rings. The molecule has 0 nitrogen and oxygen atoms in total. The highest BCUT2D eigenvalue weighted by Gasteiger charge is 2.53. The van der Waals surface area contributed by atoms with Crippen molar-refractivity contribution in [1.29, 1.82) is 0 Å². The van der Waals surface area contributed by atoms with Gasteiger partial charge in [-0.05, 0) is 80.6 Å². The number of benzene rings is 1. The number of hydrogen-bond acceptors (Lipinski definition) is 0. The Hall–Kier alpha value is -0.490. The summed E-state index contributed by atoms with van der Waals surface area (Å²) < 4.78 is 0. The molecule has 1 unspecified atom stereocenters. The molecule has 0 heterocycles. The lowest BCUT2D eigenvalue weighted by Gasteiger charge is -2.58. The van der Waals surface area contributed by atoms with Crippen LogP contribution in [0.2, 0.25) is 0 Å². The first-order chi connectivity index (χ1) is 9.63. The second kappa shape index (κ2) is 4.77. The molecule has 0 saturated heterocycles. The monoisotopic (exact) mass is 288 g/mol. The molecule has 0 spiro atoms. The zero-order valence-electron chi connectivity index (χ0n) is 12.4. The van der Waals surface area contributed by atoms with Crippen LogP contribution in [-0.4, -0.2) is 5.38 Å². The van der Waals surface area contributed by atoms with Crippen molar-refractivity contribution in [3.63, 3.8) is 0 Å². The summed E-state index contributed by atoms with van der Waals surface area (Å²) in [4.78, 5) is 0. The molecular formula is C19H25Cl. The van der Waals surface area contributed by atoms with Gasteiger partial charge in [0, 0.05) is 5.38 Å². The lowest BCUT2D eigenvalue weighted by molar-refractivity contribution is -0.0545. The number of hydrogen-bond donors (Lipinski definition) is 0. The van der Waals surface area contributed by atoms with Gasteiger partial charge in [0.2, 0.25) is 0 Å². The molecule has 1 heteroatoms. The van der Waals surface area contributed by atoms with Gasteiger partial charge in [-0.15, -0.1) is 11.6 Å². The maximum absolute atomic E-state index is 6.99. The van der Waals surface area contributed by atoms with Gasteiger partial charge >= 0.3 is 0 Å². The number of halogens is 1. The van der Waals surface area contributed by atoms with Gasteiger partial charge in [-0.1, -0.05) is 29.8 Å². The second-order valence-electron chi connectivity index (χ2n) is 7.94. The smallest absolute Gasteiger partial charge is 0.0432 e.